The van der Waals surface area contributed by atoms with E-state index in [1.54, 1.807) is 0 Å². The van der Waals surface area contributed by atoms with E-state index in [1.807, 2.05) is 50.3 Å². The topological polar surface area (TPSA) is 29.6 Å². The SMILES string of the molecule is CC/C=C(/Cc1ccccc1)C(=O)C1(C)CO1. The fraction of sp³-hybridized carbons (Fsp3) is 0.400. The molecule has 17 heavy (non-hydrogen) atoms. The Labute approximate surface area is 102 Å². The molecule has 0 saturated carbocycles. The van der Waals surface area contributed by atoms with Crippen molar-refractivity contribution in [1.82, 2.24) is 0 Å². The van der Waals surface area contributed by atoms with Crippen molar-refractivity contribution in [3.05, 3.63) is 47.5 Å². The van der Waals surface area contributed by atoms with Crippen LogP contribution in [0.1, 0.15) is 25.8 Å². The number of ketones is 1. The third kappa shape index (κ3) is 2.83. The summed E-state index contributed by atoms with van der Waals surface area (Å²) >= 11 is 0. The minimum Gasteiger partial charge on any atom is -0.361 e. The van der Waals surface area contributed by atoms with E-state index in [4.69, 9.17) is 4.74 Å². The van der Waals surface area contributed by atoms with Crippen molar-refractivity contribution in [2.75, 3.05) is 6.61 Å². The van der Waals surface area contributed by atoms with E-state index < -0.39 is 5.60 Å². The van der Waals surface area contributed by atoms with Crippen LogP contribution in [-0.4, -0.2) is 18.0 Å². The largest absolute Gasteiger partial charge is 0.361 e. The average molecular weight is 230 g/mol. The van der Waals surface area contributed by atoms with E-state index in [1.165, 1.54) is 5.56 Å². The van der Waals surface area contributed by atoms with Crippen LogP contribution in [-0.2, 0) is 16.0 Å². The molecule has 1 fully saturated rings. The van der Waals surface area contributed by atoms with Crippen molar-refractivity contribution in [2.24, 2.45) is 0 Å². The fourth-order valence-corrected chi connectivity index (χ4v) is 1.89. The van der Waals surface area contributed by atoms with Crippen molar-refractivity contribution in [3.8, 4) is 0 Å². The molecule has 1 atom stereocenters. The fourth-order valence-electron chi connectivity index (χ4n) is 1.89. The van der Waals surface area contributed by atoms with E-state index in [2.05, 4.69) is 0 Å². The molecule has 0 bridgehead atoms. The molecule has 1 aliphatic heterocycles. The van der Waals surface area contributed by atoms with Gasteiger partial charge in [-0.3, -0.25) is 4.79 Å². The molecule has 0 aromatic heterocycles. The molecule has 1 saturated heterocycles. The molecule has 2 rings (SSSR count). The van der Waals surface area contributed by atoms with Crippen LogP contribution in [0, 0.1) is 0 Å². The molecule has 0 N–H and O–H groups in total. The number of hydrogen-bond acceptors (Lipinski definition) is 2. The van der Waals surface area contributed by atoms with Gasteiger partial charge in [0.25, 0.3) is 0 Å². The van der Waals surface area contributed by atoms with Crippen LogP contribution in [0.5, 0.6) is 0 Å². The number of carbonyl (C=O) groups is 1. The Morgan fingerprint density at radius 1 is 1.41 bits per heavy atom. The Hall–Kier alpha value is -1.41. The van der Waals surface area contributed by atoms with Crippen LogP contribution >= 0.6 is 0 Å². The second kappa shape index (κ2) is 4.84. The normalized spacial score (nSPS) is 23.5. The number of ether oxygens (including phenoxy) is 1. The number of epoxide rings is 1. The van der Waals surface area contributed by atoms with E-state index >= 15 is 0 Å². The monoisotopic (exact) mass is 230 g/mol. The first-order valence-corrected chi connectivity index (χ1v) is 6.07. The van der Waals surface area contributed by atoms with Gasteiger partial charge in [0, 0.05) is 6.42 Å². The zero-order chi connectivity index (χ0) is 12.3. The van der Waals surface area contributed by atoms with Gasteiger partial charge in [-0.15, -0.1) is 0 Å². The van der Waals surface area contributed by atoms with E-state index in [0.717, 1.165) is 12.0 Å². The van der Waals surface area contributed by atoms with Crippen LogP contribution < -0.4 is 0 Å². The quantitative estimate of drug-likeness (QED) is 0.575. The van der Waals surface area contributed by atoms with E-state index in [9.17, 15) is 4.79 Å². The Morgan fingerprint density at radius 2 is 2.06 bits per heavy atom. The van der Waals surface area contributed by atoms with Crippen molar-refractivity contribution in [3.63, 3.8) is 0 Å². The highest BCUT2D eigenvalue weighted by Gasteiger charge is 2.47. The molecule has 1 aromatic rings. The lowest BCUT2D eigenvalue weighted by atomic mass is 9.94. The number of Topliss-reactive ketones (excluding diaryl/α,β-unsaturated/α-hetero) is 1. The summed E-state index contributed by atoms with van der Waals surface area (Å²) in [6.45, 7) is 4.47. The van der Waals surface area contributed by atoms with Gasteiger partial charge >= 0.3 is 0 Å². The second-order valence-corrected chi connectivity index (χ2v) is 4.65. The summed E-state index contributed by atoms with van der Waals surface area (Å²) in [5, 5.41) is 0. The maximum absolute atomic E-state index is 12.2. The summed E-state index contributed by atoms with van der Waals surface area (Å²) in [6.07, 6.45) is 3.60. The van der Waals surface area contributed by atoms with E-state index in [0.29, 0.717) is 13.0 Å². The lowest BCUT2D eigenvalue weighted by molar-refractivity contribution is -0.119. The molecule has 2 nitrogen and oxygen atoms in total. The van der Waals surface area contributed by atoms with Gasteiger partial charge in [-0.1, -0.05) is 43.3 Å². The Balaban J connectivity index is 2.14. The zero-order valence-corrected chi connectivity index (χ0v) is 10.4. The number of allylic oxidation sites excluding steroid dienone is 1. The van der Waals surface area contributed by atoms with Gasteiger partial charge in [0.05, 0.1) is 6.61 Å². The van der Waals surface area contributed by atoms with Crippen LogP contribution in [0.4, 0.5) is 0 Å². The van der Waals surface area contributed by atoms with Crippen LogP contribution in [0.15, 0.2) is 42.0 Å². The maximum atomic E-state index is 12.2. The second-order valence-electron chi connectivity index (χ2n) is 4.65. The lowest BCUT2D eigenvalue weighted by Crippen LogP contribution is -2.23. The Morgan fingerprint density at radius 3 is 2.59 bits per heavy atom. The molecule has 0 aliphatic carbocycles. The molecule has 1 unspecified atom stereocenters. The van der Waals surface area contributed by atoms with Gasteiger partial charge in [-0.25, -0.2) is 0 Å². The first-order chi connectivity index (χ1) is 8.15. The smallest absolute Gasteiger partial charge is 0.192 e. The summed E-state index contributed by atoms with van der Waals surface area (Å²) in [4.78, 5) is 12.2. The molecule has 1 aromatic carbocycles. The lowest BCUT2D eigenvalue weighted by Gasteiger charge is -2.09. The molecule has 0 amide bonds. The van der Waals surface area contributed by atoms with Gasteiger partial charge in [-0.2, -0.15) is 0 Å². The van der Waals surface area contributed by atoms with Gasteiger partial charge in [0.2, 0.25) is 0 Å². The van der Waals surface area contributed by atoms with Gasteiger partial charge in [0.1, 0.15) is 0 Å². The molecule has 90 valence electrons. The first kappa shape index (κ1) is 12.1. The van der Waals surface area contributed by atoms with Crippen LogP contribution in [0.2, 0.25) is 0 Å². The third-order valence-corrected chi connectivity index (χ3v) is 3.04. The van der Waals surface area contributed by atoms with Crippen molar-refractivity contribution >= 4 is 5.78 Å². The highest BCUT2D eigenvalue weighted by Crippen LogP contribution is 2.31. The zero-order valence-electron chi connectivity index (χ0n) is 10.4. The molecular formula is C15H18O2. The minimum atomic E-state index is -0.546. The van der Waals surface area contributed by atoms with Crippen LogP contribution in [0.25, 0.3) is 0 Å². The predicted octanol–water partition coefficient (Wildman–Crippen LogP) is 2.92. The van der Waals surface area contributed by atoms with Gasteiger partial charge in [-0.05, 0) is 24.5 Å². The van der Waals surface area contributed by atoms with E-state index in [-0.39, 0.29) is 5.78 Å². The predicted molar refractivity (Wildman–Crippen MR) is 67.9 cm³/mol. The van der Waals surface area contributed by atoms with Crippen LogP contribution in [0.3, 0.4) is 0 Å². The number of hydrogen-bond donors (Lipinski definition) is 0. The van der Waals surface area contributed by atoms with Gasteiger partial charge < -0.3 is 4.74 Å². The highest BCUT2D eigenvalue weighted by atomic mass is 16.6. The Kier molecular flexibility index (Phi) is 3.43. The summed E-state index contributed by atoms with van der Waals surface area (Å²) in [6, 6.07) is 10.1. The maximum Gasteiger partial charge on any atom is 0.192 e. The third-order valence-electron chi connectivity index (χ3n) is 3.04. The summed E-state index contributed by atoms with van der Waals surface area (Å²) in [5.74, 6) is 0.142. The van der Waals surface area contributed by atoms with Crippen molar-refractivity contribution in [2.45, 2.75) is 32.3 Å². The Bertz CT molecular complexity index is 427. The summed E-state index contributed by atoms with van der Waals surface area (Å²) < 4.78 is 5.23. The van der Waals surface area contributed by atoms with Crippen molar-refractivity contribution < 1.29 is 9.53 Å². The molecule has 1 aliphatic rings. The number of benzene rings is 1. The summed E-state index contributed by atoms with van der Waals surface area (Å²) in [5.41, 5.74) is 1.50. The molecule has 0 radical (unpaired) electrons. The molecule has 0 spiro atoms. The molecule has 2 heteroatoms. The number of carbonyl (C=O) groups excluding carboxylic acids is 1. The van der Waals surface area contributed by atoms with Crippen molar-refractivity contribution in [1.29, 1.82) is 0 Å². The molecular weight excluding hydrogens is 212 g/mol. The summed E-state index contributed by atoms with van der Waals surface area (Å²) in [7, 11) is 0. The van der Waals surface area contributed by atoms with Gasteiger partial charge in [0.15, 0.2) is 11.4 Å². The standard InChI is InChI=1S/C15H18O2/c1-3-7-13(14(16)15(2)11-17-15)10-12-8-5-4-6-9-12/h4-9H,3,10-11H2,1-2H3/b13-7-. The average Bonchev–Trinajstić information content (AvgIpc) is 3.09. The molecule has 1 heterocycles. The number of rotatable bonds is 5. The first-order valence-electron chi connectivity index (χ1n) is 6.07. The minimum absolute atomic E-state index is 0.142. The highest BCUT2D eigenvalue weighted by molar-refractivity contribution is 6.03.